The summed E-state index contributed by atoms with van der Waals surface area (Å²) in [5.74, 6) is 1.48. The fourth-order valence-corrected chi connectivity index (χ4v) is 2.51. The van der Waals surface area contributed by atoms with Crippen LogP contribution in [0.1, 0.15) is 17.5 Å². The lowest BCUT2D eigenvalue weighted by Crippen LogP contribution is -1.97. The molecule has 0 bridgehead atoms. The Morgan fingerprint density at radius 3 is 2.86 bits per heavy atom. The Bertz CT molecular complexity index is 700. The molecule has 22 heavy (non-hydrogen) atoms. The maximum Gasteiger partial charge on any atom is 0.179 e. The molecule has 114 valence electrons. The summed E-state index contributed by atoms with van der Waals surface area (Å²) in [6.07, 6.45) is 2.48. The van der Waals surface area contributed by atoms with Crippen molar-refractivity contribution in [3.63, 3.8) is 0 Å². The largest absolute Gasteiger partial charge is 0.507 e. The number of benzene rings is 2. The first-order valence-electron chi connectivity index (χ1n) is 7.10. The molecule has 0 saturated carbocycles. The van der Waals surface area contributed by atoms with E-state index >= 15 is 0 Å². The molecule has 0 unspecified atom stereocenters. The molecule has 0 aliphatic carbocycles. The Morgan fingerprint density at radius 2 is 2.00 bits per heavy atom. The molecule has 1 heterocycles. The van der Waals surface area contributed by atoms with E-state index in [9.17, 15) is 5.11 Å². The van der Waals surface area contributed by atoms with Gasteiger partial charge < -0.3 is 14.6 Å². The van der Waals surface area contributed by atoms with Crippen molar-refractivity contribution in [1.82, 2.24) is 0 Å². The van der Waals surface area contributed by atoms with Gasteiger partial charge in [-0.1, -0.05) is 23.7 Å². The van der Waals surface area contributed by atoms with Crippen molar-refractivity contribution in [3.8, 4) is 17.2 Å². The van der Waals surface area contributed by atoms with Crippen molar-refractivity contribution >= 4 is 17.8 Å². The summed E-state index contributed by atoms with van der Waals surface area (Å²) in [6, 6.07) is 10.8. The van der Waals surface area contributed by atoms with E-state index < -0.39 is 0 Å². The van der Waals surface area contributed by atoms with E-state index in [4.69, 9.17) is 21.1 Å². The third-order valence-electron chi connectivity index (χ3n) is 3.30. The Kier molecular flexibility index (Phi) is 4.49. The van der Waals surface area contributed by atoms with E-state index in [-0.39, 0.29) is 5.75 Å². The van der Waals surface area contributed by atoms with E-state index in [1.54, 1.807) is 24.4 Å². The van der Waals surface area contributed by atoms with Gasteiger partial charge >= 0.3 is 0 Å². The normalized spacial score (nSPS) is 14.0. The molecule has 1 aliphatic heterocycles. The summed E-state index contributed by atoms with van der Waals surface area (Å²) in [6.45, 7) is 1.68. The van der Waals surface area contributed by atoms with Crippen LogP contribution in [0.15, 0.2) is 41.4 Å². The number of hydrogen-bond donors (Lipinski definition) is 1. The minimum Gasteiger partial charge on any atom is -0.507 e. The molecule has 2 aromatic rings. The van der Waals surface area contributed by atoms with E-state index in [0.29, 0.717) is 41.8 Å². The topological polar surface area (TPSA) is 51.1 Å². The fourth-order valence-electron chi connectivity index (χ4n) is 2.22. The quantitative estimate of drug-likeness (QED) is 0.875. The third-order valence-corrected chi connectivity index (χ3v) is 3.58. The lowest BCUT2D eigenvalue weighted by Gasteiger charge is -2.10. The van der Waals surface area contributed by atoms with Gasteiger partial charge in [-0.15, -0.1) is 0 Å². The smallest absolute Gasteiger partial charge is 0.179 e. The van der Waals surface area contributed by atoms with Crippen LogP contribution in [-0.4, -0.2) is 24.5 Å². The maximum atomic E-state index is 9.69. The zero-order valence-electron chi connectivity index (χ0n) is 12.0. The van der Waals surface area contributed by atoms with Crippen molar-refractivity contribution in [2.24, 2.45) is 4.99 Å². The highest BCUT2D eigenvalue weighted by Crippen LogP contribution is 2.38. The number of rotatable bonds is 3. The molecule has 0 aromatic heterocycles. The number of aliphatic imine (C=N–C) groups is 1. The van der Waals surface area contributed by atoms with Crippen molar-refractivity contribution in [1.29, 1.82) is 0 Å². The molecule has 2 aromatic carbocycles. The molecule has 0 amide bonds. The first-order valence-corrected chi connectivity index (χ1v) is 7.47. The number of phenols is 1. The maximum absolute atomic E-state index is 9.69. The van der Waals surface area contributed by atoms with E-state index in [2.05, 4.69) is 4.99 Å². The number of fused-ring (bicyclic) bond motifs is 1. The van der Waals surface area contributed by atoms with Crippen LogP contribution in [0.5, 0.6) is 17.2 Å². The summed E-state index contributed by atoms with van der Waals surface area (Å²) in [5, 5.41) is 10.2. The van der Waals surface area contributed by atoms with Gasteiger partial charge in [0.15, 0.2) is 11.5 Å². The fraction of sp³-hybridized carbons (Fsp3) is 0.235. The minimum absolute atomic E-state index is 0.211. The van der Waals surface area contributed by atoms with Crippen LogP contribution < -0.4 is 9.47 Å². The summed E-state index contributed by atoms with van der Waals surface area (Å²) in [4.78, 5) is 4.35. The Labute approximate surface area is 134 Å². The molecule has 0 saturated heterocycles. The summed E-state index contributed by atoms with van der Waals surface area (Å²) < 4.78 is 11.2. The van der Waals surface area contributed by atoms with Gasteiger partial charge in [0.25, 0.3) is 0 Å². The van der Waals surface area contributed by atoms with Gasteiger partial charge in [0, 0.05) is 18.2 Å². The monoisotopic (exact) mass is 317 g/mol. The SMILES string of the molecule is Oc1ccccc1C=NCc1cc(Cl)c2c(c1)OCCCO2. The number of para-hydroxylation sites is 1. The molecule has 4 nitrogen and oxygen atoms in total. The predicted octanol–water partition coefficient (Wildman–Crippen LogP) is 3.83. The molecule has 1 N–H and O–H groups in total. The second-order valence-electron chi connectivity index (χ2n) is 4.98. The van der Waals surface area contributed by atoms with Crippen molar-refractivity contribution in [2.45, 2.75) is 13.0 Å². The van der Waals surface area contributed by atoms with Crippen LogP contribution in [0.25, 0.3) is 0 Å². The first kappa shape index (κ1) is 14.7. The number of nitrogens with zero attached hydrogens (tertiary/aromatic N) is 1. The summed E-state index contributed by atoms with van der Waals surface area (Å²) in [7, 11) is 0. The standard InChI is InChI=1S/C17H16ClNO3/c18-14-8-12(9-16-17(14)22-7-3-6-21-16)10-19-11-13-4-1-2-5-15(13)20/h1-2,4-5,8-9,11,20H,3,6-7,10H2. The average molecular weight is 318 g/mol. The molecule has 0 spiro atoms. The molecular weight excluding hydrogens is 302 g/mol. The zero-order chi connectivity index (χ0) is 15.4. The third kappa shape index (κ3) is 3.34. The van der Waals surface area contributed by atoms with E-state index in [1.807, 2.05) is 18.2 Å². The molecular formula is C17H16ClNO3. The second kappa shape index (κ2) is 6.71. The molecule has 5 heteroatoms. The highest BCUT2D eigenvalue weighted by Gasteiger charge is 2.15. The van der Waals surface area contributed by atoms with Crippen molar-refractivity contribution < 1.29 is 14.6 Å². The number of ether oxygens (including phenoxy) is 2. The van der Waals surface area contributed by atoms with Crippen LogP contribution in [0.2, 0.25) is 5.02 Å². The average Bonchev–Trinajstić information content (AvgIpc) is 2.75. The number of aromatic hydroxyl groups is 1. The number of halogens is 1. The van der Waals surface area contributed by atoms with Gasteiger partial charge in [0.05, 0.1) is 24.8 Å². The van der Waals surface area contributed by atoms with Crippen LogP contribution >= 0.6 is 11.6 Å². The molecule has 1 aliphatic rings. The van der Waals surface area contributed by atoms with Crippen LogP contribution in [0.3, 0.4) is 0 Å². The predicted molar refractivity (Wildman–Crippen MR) is 86.5 cm³/mol. The molecule has 3 rings (SSSR count). The van der Waals surface area contributed by atoms with Gasteiger partial charge in [0.1, 0.15) is 5.75 Å². The molecule has 0 atom stereocenters. The van der Waals surface area contributed by atoms with Crippen LogP contribution in [-0.2, 0) is 6.54 Å². The lowest BCUT2D eigenvalue weighted by molar-refractivity contribution is 0.297. The highest BCUT2D eigenvalue weighted by molar-refractivity contribution is 6.32. The Morgan fingerprint density at radius 1 is 1.18 bits per heavy atom. The van der Waals surface area contributed by atoms with E-state index in [1.165, 1.54) is 0 Å². The lowest BCUT2D eigenvalue weighted by atomic mass is 10.2. The second-order valence-corrected chi connectivity index (χ2v) is 5.39. The van der Waals surface area contributed by atoms with E-state index in [0.717, 1.165) is 12.0 Å². The van der Waals surface area contributed by atoms with Crippen LogP contribution in [0.4, 0.5) is 0 Å². The highest BCUT2D eigenvalue weighted by atomic mass is 35.5. The summed E-state index contributed by atoms with van der Waals surface area (Å²) in [5.41, 5.74) is 1.61. The van der Waals surface area contributed by atoms with Crippen molar-refractivity contribution in [3.05, 3.63) is 52.5 Å². The number of phenolic OH excluding ortho intramolecular Hbond substituents is 1. The minimum atomic E-state index is 0.211. The number of hydrogen-bond acceptors (Lipinski definition) is 4. The summed E-state index contributed by atoms with van der Waals surface area (Å²) >= 11 is 6.24. The van der Waals surface area contributed by atoms with Gasteiger partial charge in [-0.05, 0) is 29.8 Å². The Hall–Kier alpha value is -2.20. The molecule has 0 fully saturated rings. The zero-order valence-corrected chi connectivity index (χ0v) is 12.7. The Balaban J connectivity index is 1.77. The van der Waals surface area contributed by atoms with Gasteiger partial charge in [-0.3, -0.25) is 4.99 Å². The van der Waals surface area contributed by atoms with Crippen LogP contribution in [0, 0.1) is 0 Å². The van der Waals surface area contributed by atoms with Gasteiger partial charge in [0.2, 0.25) is 0 Å². The van der Waals surface area contributed by atoms with Gasteiger partial charge in [-0.2, -0.15) is 0 Å². The van der Waals surface area contributed by atoms with Crippen molar-refractivity contribution in [2.75, 3.05) is 13.2 Å². The molecule has 0 radical (unpaired) electrons. The van der Waals surface area contributed by atoms with Gasteiger partial charge in [-0.25, -0.2) is 0 Å². The first-order chi connectivity index (χ1) is 10.7.